The maximum atomic E-state index is 13.1. The van der Waals surface area contributed by atoms with Gasteiger partial charge in [-0.15, -0.1) is 11.8 Å². The number of amides is 2. The molecule has 0 radical (unpaired) electrons. The average Bonchev–Trinajstić information content (AvgIpc) is 2.71. The second kappa shape index (κ2) is 11.5. The minimum Gasteiger partial charge on any atom is -0.352 e. The van der Waals surface area contributed by atoms with Gasteiger partial charge in [-0.3, -0.25) is 9.59 Å². The summed E-state index contributed by atoms with van der Waals surface area (Å²) in [5.74, 6) is -0.0740. The van der Waals surface area contributed by atoms with E-state index < -0.39 is 6.04 Å². The largest absolute Gasteiger partial charge is 0.352 e. The molecule has 29 heavy (non-hydrogen) atoms. The van der Waals surface area contributed by atoms with Gasteiger partial charge in [-0.2, -0.15) is 0 Å². The van der Waals surface area contributed by atoms with Crippen LogP contribution >= 0.6 is 35.0 Å². The Morgan fingerprint density at radius 2 is 1.79 bits per heavy atom. The van der Waals surface area contributed by atoms with E-state index in [0.29, 0.717) is 10.0 Å². The Morgan fingerprint density at radius 3 is 2.41 bits per heavy atom. The average molecular weight is 453 g/mol. The predicted molar refractivity (Wildman–Crippen MR) is 122 cm³/mol. The third kappa shape index (κ3) is 7.25. The number of carbonyl (C=O) groups is 2. The van der Waals surface area contributed by atoms with Gasteiger partial charge in [0, 0.05) is 27.5 Å². The first kappa shape index (κ1) is 23.6. The molecule has 2 aromatic carbocycles. The lowest BCUT2D eigenvalue weighted by atomic mass is 10.1. The maximum absolute atomic E-state index is 13.1. The van der Waals surface area contributed by atoms with Crippen LogP contribution in [0.5, 0.6) is 0 Å². The highest BCUT2D eigenvalue weighted by Crippen LogP contribution is 2.24. The van der Waals surface area contributed by atoms with Crippen molar-refractivity contribution in [2.24, 2.45) is 0 Å². The molecule has 0 saturated heterocycles. The van der Waals surface area contributed by atoms with Crippen molar-refractivity contribution in [2.75, 3.05) is 5.75 Å². The zero-order chi connectivity index (χ0) is 21.4. The zero-order valence-electron chi connectivity index (χ0n) is 16.8. The lowest BCUT2D eigenvalue weighted by molar-refractivity contribution is -0.138. The Morgan fingerprint density at radius 1 is 1.10 bits per heavy atom. The van der Waals surface area contributed by atoms with E-state index in [-0.39, 0.29) is 30.2 Å². The first-order chi connectivity index (χ1) is 13.8. The zero-order valence-corrected chi connectivity index (χ0v) is 19.2. The molecule has 4 nitrogen and oxygen atoms in total. The van der Waals surface area contributed by atoms with Crippen LogP contribution < -0.4 is 5.32 Å². The van der Waals surface area contributed by atoms with E-state index in [0.717, 1.165) is 16.9 Å². The molecule has 2 aromatic rings. The van der Waals surface area contributed by atoms with Gasteiger partial charge in [0.2, 0.25) is 11.8 Å². The summed E-state index contributed by atoms with van der Waals surface area (Å²) in [6.07, 6.45) is 0.819. The molecular weight excluding hydrogens is 427 g/mol. The highest BCUT2D eigenvalue weighted by molar-refractivity contribution is 8.00. The first-order valence-corrected chi connectivity index (χ1v) is 11.3. The van der Waals surface area contributed by atoms with Crippen molar-refractivity contribution < 1.29 is 9.59 Å². The van der Waals surface area contributed by atoms with Crippen LogP contribution in [0.15, 0.2) is 53.4 Å². The molecule has 0 bridgehead atoms. The summed E-state index contributed by atoms with van der Waals surface area (Å²) in [6, 6.07) is 14.3. The Hall–Kier alpha value is -1.69. The molecular formula is C22H26Cl2N2O2S. The summed E-state index contributed by atoms with van der Waals surface area (Å²) in [5.41, 5.74) is 0.748. The van der Waals surface area contributed by atoms with Crippen molar-refractivity contribution in [3.63, 3.8) is 0 Å². The van der Waals surface area contributed by atoms with Gasteiger partial charge in [0.05, 0.1) is 5.75 Å². The summed E-state index contributed by atoms with van der Waals surface area (Å²) < 4.78 is 0. The summed E-state index contributed by atoms with van der Waals surface area (Å²) in [4.78, 5) is 28.3. The molecule has 0 heterocycles. The fourth-order valence-electron chi connectivity index (χ4n) is 2.63. The van der Waals surface area contributed by atoms with Crippen LogP contribution in [-0.2, 0) is 16.1 Å². The Balaban J connectivity index is 2.18. The van der Waals surface area contributed by atoms with E-state index >= 15 is 0 Å². The van der Waals surface area contributed by atoms with E-state index in [1.54, 1.807) is 30.0 Å². The number of hydrogen-bond acceptors (Lipinski definition) is 3. The highest BCUT2D eigenvalue weighted by Gasteiger charge is 2.27. The first-order valence-electron chi connectivity index (χ1n) is 9.53. The fraction of sp³-hybridized carbons (Fsp3) is 0.364. The number of hydrogen-bond donors (Lipinski definition) is 1. The molecule has 2 rings (SSSR count). The molecule has 0 spiro atoms. The Labute approximate surface area is 187 Å². The lowest BCUT2D eigenvalue weighted by Crippen LogP contribution is -2.50. The summed E-state index contributed by atoms with van der Waals surface area (Å²) >= 11 is 13.7. The van der Waals surface area contributed by atoms with Crippen molar-refractivity contribution in [1.29, 1.82) is 0 Å². The van der Waals surface area contributed by atoms with E-state index in [9.17, 15) is 9.59 Å². The normalized spacial score (nSPS) is 12.9. The number of carbonyl (C=O) groups excluding carboxylic acids is 2. The van der Waals surface area contributed by atoms with Gasteiger partial charge >= 0.3 is 0 Å². The molecule has 0 aliphatic heterocycles. The van der Waals surface area contributed by atoms with Crippen molar-refractivity contribution in [3.8, 4) is 0 Å². The second-order valence-corrected chi connectivity index (χ2v) is 8.75. The van der Waals surface area contributed by atoms with Crippen molar-refractivity contribution in [2.45, 2.75) is 50.7 Å². The third-order valence-corrected chi connectivity index (χ3v) is 6.21. The molecule has 1 N–H and O–H groups in total. The lowest BCUT2D eigenvalue weighted by Gasteiger charge is -2.30. The third-order valence-electron chi connectivity index (χ3n) is 4.63. The molecule has 0 aliphatic rings. The molecule has 0 saturated carbocycles. The van der Waals surface area contributed by atoms with Crippen LogP contribution in [0.4, 0.5) is 0 Å². The van der Waals surface area contributed by atoms with E-state index in [2.05, 4.69) is 5.32 Å². The smallest absolute Gasteiger partial charge is 0.242 e. The molecule has 156 valence electrons. The minimum atomic E-state index is -0.625. The number of thioether (sulfide) groups is 1. The molecule has 0 unspecified atom stereocenters. The van der Waals surface area contributed by atoms with Crippen LogP contribution in [0.2, 0.25) is 10.0 Å². The maximum Gasteiger partial charge on any atom is 0.242 e. The quantitative estimate of drug-likeness (QED) is 0.516. The monoisotopic (exact) mass is 452 g/mol. The van der Waals surface area contributed by atoms with Crippen molar-refractivity contribution in [3.05, 3.63) is 64.1 Å². The fourth-order valence-corrected chi connectivity index (χ4v) is 3.90. The topological polar surface area (TPSA) is 49.4 Å². The Bertz CT molecular complexity index is 833. The van der Waals surface area contributed by atoms with E-state index in [1.165, 1.54) is 11.8 Å². The van der Waals surface area contributed by atoms with Gasteiger partial charge in [-0.25, -0.2) is 0 Å². The van der Waals surface area contributed by atoms with Gasteiger partial charge in [-0.1, -0.05) is 54.4 Å². The predicted octanol–water partition coefficient (Wildman–Crippen LogP) is 5.42. The van der Waals surface area contributed by atoms with Crippen LogP contribution in [0.1, 0.15) is 32.8 Å². The Kier molecular flexibility index (Phi) is 9.34. The second-order valence-electron chi connectivity index (χ2n) is 6.85. The van der Waals surface area contributed by atoms with Gasteiger partial charge < -0.3 is 10.2 Å². The molecule has 7 heteroatoms. The molecule has 0 fully saturated rings. The van der Waals surface area contributed by atoms with Gasteiger partial charge in [0.25, 0.3) is 0 Å². The number of benzene rings is 2. The molecule has 2 atom stereocenters. The SMILES string of the molecule is CC[C@@H](C)NC(=O)[C@@H](C)N(Cc1ccc(Cl)cc1Cl)C(=O)CSc1ccccc1. The number of rotatable bonds is 9. The van der Waals surface area contributed by atoms with Crippen LogP contribution in [0.3, 0.4) is 0 Å². The summed E-state index contributed by atoms with van der Waals surface area (Å²) in [5, 5.41) is 3.95. The standard InChI is InChI=1S/C22H26Cl2N2O2S/c1-4-15(2)25-22(28)16(3)26(13-17-10-11-18(23)12-20(17)24)21(27)14-29-19-8-6-5-7-9-19/h5-12,15-16H,4,13-14H2,1-3H3,(H,25,28)/t15-,16-/m1/s1. The minimum absolute atomic E-state index is 0.0414. The molecule has 0 aromatic heterocycles. The van der Waals surface area contributed by atoms with Gasteiger partial charge in [0.1, 0.15) is 6.04 Å². The number of nitrogens with one attached hydrogen (secondary N) is 1. The number of halogens is 2. The van der Waals surface area contributed by atoms with Crippen molar-refractivity contribution >= 4 is 46.8 Å². The molecule has 2 amide bonds. The van der Waals surface area contributed by atoms with Crippen molar-refractivity contribution in [1.82, 2.24) is 10.2 Å². The van der Waals surface area contributed by atoms with E-state index in [4.69, 9.17) is 23.2 Å². The highest BCUT2D eigenvalue weighted by atomic mass is 35.5. The van der Waals surface area contributed by atoms with Crippen LogP contribution in [0.25, 0.3) is 0 Å². The van der Waals surface area contributed by atoms with Gasteiger partial charge in [-0.05, 0) is 50.1 Å². The summed E-state index contributed by atoms with van der Waals surface area (Å²) in [7, 11) is 0. The molecule has 0 aliphatic carbocycles. The van der Waals surface area contributed by atoms with Crippen LogP contribution in [-0.4, -0.2) is 34.6 Å². The summed E-state index contributed by atoms with van der Waals surface area (Å²) in [6.45, 7) is 5.92. The van der Waals surface area contributed by atoms with E-state index in [1.807, 2.05) is 44.2 Å². The number of nitrogens with zero attached hydrogens (tertiary/aromatic N) is 1. The van der Waals surface area contributed by atoms with Gasteiger partial charge in [0.15, 0.2) is 0 Å². The van der Waals surface area contributed by atoms with Crippen LogP contribution in [0, 0.1) is 0 Å².